The highest BCUT2D eigenvalue weighted by Gasteiger charge is 2.22. The number of nitrogens with one attached hydrogen (secondary N) is 1. The fraction of sp³-hybridized carbons (Fsp3) is 0.688. The summed E-state index contributed by atoms with van der Waals surface area (Å²) >= 11 is 0. The van der Waals surface area contributed by atoms with Crippen molar-refractivity contribution in [1.82, 2.24) is 9.88 Å². The van der Waals surface area contributed by atoms with Gasteiger partial charge < -0.3 is 15.3 Å². The van der Waals surface area contributed by atoms with Crippen LogP contribution in [-0.2, 0) is 0 Å². The quantitative estimate of drug-likeness (QED) is 0.837. The number of anilines is 2. The van der Waals surface area contributed by atoms with E-state index in [-0.39, 0.29) is 0 Å². The van der Waals surface area contributed by atoms with Crippen molar-refractivity contribution in [2.45, 2.75) is 32.8 Å². The highest BCUT2D eigenvalue weighted by atomic mass is 16.3. The van der Waals surface area contributed by atoms with Gasteiger partial charge in [-0.15, -0.1) is 0 Å². The van der Waals surface area contributed by atoms with Crippen molar-refractivity contribution >= 4 is 11.4 Å². The zero-order valence-corrected chi connectivity index (χ0v) is 13.5. The Kier molecular flexibility index (Phi) is 5.42. The Bertz CT molecular complexity index is 436. The highest BCUT2D eigenvalue weighted by molar-refractivity contribution is 5.55. The van der Waals surface area contributed by atoms with Gasteiger partial charge in [-0.1, -0.05) is 6.92 Å². The van der Waals surface area contributed by atoms with Crippen LogP contribution in [0.3, 0.4) is 0 Å². The second kappa shape index (κ2) is 7.09. The van der Waals surface area contributed by atoms with Crippen molar-refractivity contribution in [3.63, 3.8) is 0 Å². The van der Waals surface area contributed by atoms with E-state index < -0.39 is 5.60 Å². The summed E-state index contributed by atoms with van der Waals surface area (Å²) in [4.78, 5) is 9.02. The first kappa shape index (κ1) is 16.0. The standard InChI is InChI=1S/C16H28N4O/c1-4-5-18-14-10-15(12-17-11-14)20-8-6-19(7-9-20)13-16(2,3)21/h10-12,18,21H,4-9,13H2,1-3H3. The van der Waals surface area contributed by atoms with Crippen LogP contribution in [0.15, 0.2) is 18.5 Å². The molecule has 1 aromatic rings. The predicted octanol–water partition coefficient (Wildman–Crippen LogP) is 1.80. The van der Waals surface area contributed by atoms with Crippen molar-refractivity contribution in [3.05, 3.63) is 18.5 Å². The van der Waals surface area contributed by atoms with E-state index in [0.29, 0.717) is 0 Å². The molecule has 1 aliphatic rings. The number of hydrogen-bond donors (Lipinski definition) is 2. The second-order valence-electron chi connectivity index (χ2n) is 6.43. The Labute approximate surface area is 128 Å². The van der Waals surface area contributed by atoms with E-state index >= 15 is 0 Å². The zero-order valence-electron chi connectivity index (χ0n) is 13.5. The molecule has 2 heterocycles. The lowest BCUT2D eigenvalue weighted by atomic mass is 10.1. The number of hydrogen-bond acceptors (Lipinski definition) is 5. The van der Waals surface area contributed by atoms with E-state index in [1.54, 1.807) is 0 Å². The first-order valence-corrected chi connectivity index (χ1v) is 7.86. The molecule has 0 spiro atoms. The SMILES string of the molecule is CCCNc1cncc(N2CCN(CC(C)(C)O)CC2)c1. The Hall–Kier alpha value is -1.33. The molecule has 0 amide bonds. The molecule has 0 aliphatic carbocycles. The molecule has 0 aromatic carbocycles. The maximum absolute atomic E-state index is 9.90. The first-order chi connectivity index (χ1) is 9.98. The van der Waals surface area contributed by atoms with Gasteiger partial charge in [0.05, 0.1) is 29.4 Å². The average molecular weight is 292 g/mol. The minimum Gasteiger partial charge on any atom is -0.389 e. The summed E-state index contributed by atoms with van der Waals surface area (Å²) in [5, 5.41) is 13.3. The lowest BCUT2D eigenvalue weighted by molar-refractivity contribution is 0.0345. The fourth-order valence-corrected chi connectivity index (χ4v) is 2.68. The van der Waals surface area contributed by atoms with Gasteiger partial charge in [-0.3, -0.25) is 9.88 Å². The number of β-amino-alcohol motifs (C(OH)–C–C–N with tert-alkyl or cyclic N) is 1. The molecule has 21 heavy (non-hydrogen) atoms. The lowest BCUT2D eigenvalue weighted by Crippen LogP contribution is -2.50. The molecule has 5 nitrogen and oxygen atoms in total. The molecule has 1 aromatic heterocycles. The summed E-state index contributed by atoms with van der Waals surface area (Å²) in [5.41, 5.74) is 1.65. The summed E-state index contributed by atoms with van der Waals surface area (Å²) in [5.74, 6) is 0. The second-order valence-corrected chi connectivity index (χ2v) is 6.43. The van der Waals surface area contributed by atoms with E-state index in [9.17, 15) is 5.11 Å². The molecule has 5 heteroatoms. The molecule has 1 aliphatic heterocycles. The van der Waals surface area contributed by atoms with E-state index in [1.807, 2.05) is 26.2 Å². The average Bonchev–Trinajstić information content (AvgIpc) is 2.44. The Morgan fingerprint density at radius 2 is 1.95 bits per heavy atom. The van der Waals surface area contributed by atoms with Crippen molar-refractivity contribution in [2.75, 3.05) is 49.5 Å². The van der Waals surface area contributed by atoms with Gasteiger partial charge in [-0.05, 0) is 26.3 Å². The Morgan fingerprint density at radius 1 is 1.24 bits per heavy atom. The smallest absolute Gasteiger partial charge is 0.0718 e. The van der Waals surface area contributed by atoms with Gasteiger partial charge >= 0.3 is 0 Å². The van der Waals surface area contributed by atoms with E-state index in [0.717, 1.165) is 51.4 Å². The maximum atomic E-state index is 9.90. The van der Waals surface area contributed by atoms with Crippen LogP contribution in [0.5, 0.6) is 0 Å². The number of nitrogens with zero attached hydrogens (tertiary/aromatic N) is 3. The van der Waals surface area contributed by atoms with Gasteiger partial charge in [0.1, 0.15) is 0 Å². The third kappa shape index (κ3) is 5.17. The van der Waals surface area contributed by atoms with Gasteiger partial charge in [-0.25, -0.2) is 0 Å². The van der Waals surface area contributed by atoms with Gasteiger partial charge in [0.25, 0.3) is 0 Å². The zero-order chi connectivity index (χ0) is 15.3. The van der Waals surface area contributed by atoms with Gasteiger partial charge in [-0.2, -0.15) is 0 Å². The molecule has 0 atom stereocenters. The van der Waals surface area contributed by atoms with Crippen LogP contribution >= 0.6 is 0 Å². The highest BCUT2D eigenvalue weighted by Crippen LogP contribution is 2.20. The van der Waals surface area contributed by atoms with Crippen LogP contribution in [0, 0.1) is 0 Å². The first-order valence-electron chi connectivity index (χ1n) is 7.86. The van der Waals surface area contributed by atoms with Gasteiger partial charge in [0.2, 0.25) is 0 Å². The van der Waals surface area contributed by atoms with Gasteiger partial charge in [0.15, 0.2) is 0 Å². The van der Waals surface area contributed by atoms with Crippen LogP contribution in [0.1, 0.15) is 27.2 Å². The predicted molar refractivity (Wildman–Crippen MR) is 88.0 cm³/mol. The molecular formula is C16H28N4O. The molecule has 0 unspecified atom stereocenters. The van der Waals surface area contributed by atoms with Crippen LogP contribution < -0.4 is 10.2 Å². The lowest BCUT2D eigenvalue weighted by Gasteiger charge is -2.38. The summed E-state index contributed by atoms with van der Waals surface area (Å²) < 4.78 is 0. The summed E-state index contributed by atoms with van der Waals surface area (Å²) in [6, 6.07) is 2.17. The summed E-state index contributed by atoms with van der Waals surface area (Å²) in [7, 11) is 0. The molecule has 2 N–H and O–H groups in total. The van der Waals surface area contributed by atoms with Crippen molar-refractivity contribution < 1.29 is 5.11 Å². The van der Waals surface area contributed by atoms with Crippen LogP contribution in [0.2, 0.25) is 0 Å². The number of pyridine rings is 1. The molecule has 1 saturated heterocycles. The molecular weight excluding hydrogens is 264 g/mol. The van der Waals surface area contributed by atoms with Crippen molar-refractivity contribution in [1.29, 1.82) is 0 Å². The number of aliphatic hydroxyl groups is 1. The molecule has 1 fully saturated rings. The van der Waals surface area contributed by atoms with Crippen molar-refractivity contribution in [3.8, 4) is 0 Å². The normalized spacial score (nSPS) is 17.0. The number of rotatable bonds is 6. The number of piperazine rings is 1. The van der Waals surface area contributed by atoms with E-state index in [2.05, 4.69) is 33.1 Å². The molecule has 2 rings (SSSR count). The third-order valence-corrected chi connectivity index (χ3v) is 3.65. The molecule has 0 bridgehead atoms. The van der Waals surface area contributed by atoms with Gasteiger partial charge in [0, 0.05) is 39.3 Å². The van der Waals surface area contributed by atoms with Crippen LogP contribution in [-0.4, -0.2) is 59.9 Å². The number of aromatic nitrogens is 1. The fourth-order valence-electron chi connectivity index (χ4n) is 2.68. The van der Waals surface area contributed by atoms with Crippen molar-refractivity contribution in [2.24, 2.45) is 0 Å². The van der Waals surface area contributed by atoms with E-state index in [4.69, 9.17) is 0 Å². The topological polar surface area (TPSA) is 51.6 Å². The third-order valence-electron chi connectivity index (χ3n) is 3.65. The Balaban J connectivity index is 1.90. The summed E-state index contributed by atoms with van der Waals surface area (Å²) in [6.07, 6.45) is 4.92. The van der Waals surface area contributed by atoms with E-state index in [1.165, 1.54) is 5.69 Å². The minimum atomic E-state index is -0.617. The maximum Gasteiger partial charge on any atom is 0.0718 e. The minimum absolute atomic E-state index is 0.617. The Morgan fingerprint density at radius 3 is 2.57 bits per heavy atom. The summed E-state index contributed by atoms with van der Waals surface area (Å²) in [6.45, 7) is 11.5. The molecule has 0 saturated carbocycles. The van der Waals surface area contributed by atoms with Crippen LogP contribution in [0.25, 0.3) is 0 Å². The van der Waals surface area contributed by atoms with Crippen LogP contribution in [0.4, 0.5) is 11.4 Å². The molecule has 118 valence electrons. The molecule has 0 radical (unpaired) electrons. The monoisotopic (exact) mass is 292 g/mol. The largest absolute Gasteiger partial charge is 0.389 e.